The zero-order chi connectivity index (χ0) is 29.1. The molecule has 0 bridgehead atoms. The Morgan fingerprint density at radius 2 is 1.59 bits per heavy atom. The van der Waals surface area contributed by atoms with Crippen molar-refractivity contribution in [1.29, 1.82) is 0 Å². The summed E-state index contributed by atoms with van der Waals surface area (Å²) in [6.07, 6.45) is -11.9. The van der Waals surface area contributed by atoms with Gasteiger partial charge in [-0.05, 0) is 49.5 Å². The Morgan fingerprint density at radius 3 is 2.13 bits per heavy atom. The van der Waals surface area contributed by atoms with Crippen molar-refractivity contribution in [1.82, 2.24) is 9.80 Å². The van der Waals surface area contributed by atoms with Gasteiger partial charge in [0.1, 0.15) is 11.4 Å². The van der Waals surface area contributed by atoms with Gasteiger partial charge >= 0.3 is 24.5 Å². The molecule has 2 aromatic rings. The van der Waals surface area contributed by atoms with Gasteiger partial charge < -0.3 is 14.5 Å². The van der Waals surface area contributed by atoms with Gasteiger partial charge in [-0.3, -0.25) is 9.80 Å². The fourth-order valence-electron chi connectivity index (χ4n) is 4.04. The average Bonchev–Trinajstić information content (AvgIpc) is 3.23. The van der Waals surface area contributed by atoms with Gasteiger partial charge in [-0.1, -0.05) is 13.8 Å². The molecule has 39 heavy (non-hydrogen) atoms. The van der Waals surface area contributed by atoms with Gasteiger partial charge in [0.15, 0.2) is 5.75 Å². The Hall–Kier alpha value is -3.55. The number of alkyl halides is 6. The number of hydrogen-bond donors (Lipinski definition) is 0. The zero-order valence-electron chi connectivity index (χ0n) is 21.4. The van der Waals surface area contributed by atoms with E-state index in [9.17, 15) is 40.3 Å². The largest absolute Gasteiger partial charge is 0.420 e. The first-order chi connectivity index (χ1) is 18.2. The van der Waals surface area contributed by atoms with Crippen molar-refractivity contribution in [2.75, 3.05) is 56.1 Å². The summed E-state index contributed by atoms with van der Waals surface area (Å²) in [6.45, 7) is 5.66. The fraction of sp³-hybridized carbons (Fsp3) is 0.440. The lowest BCUT2D eigenvalue weighted by Gasteiger charge is -2.26. The molecule has 214 valence electrons. The Morgan fingerprint density at radius 1 is 0.974 bits per heavy atom. The minimum Gasteiger partial charge on any atom is -0.407 e. The fourth-order valence-corrected chi connectivity index (χ4v) is 4.04. The molecule has 0 radical (unpaired) electrons. The Labute approximate surface area is 220 Å². The number of hydrogen-bond acceptors (Lipinski definition) is 4. The summed E-state index contributed by atoms with van der Waals surface area (Å²) in [4.78, 5) is 30.7. The summed E-state index contributed by atoms with van der Waals surface area (Å²) in [5, 5.41) is 0. The molecule has 0 saturated carbocycles. The second kappa shape index (κ2) is 11.7. The lowest BCUT2D eigenvalue weighted by atomic mass is 10.1. The van der Waals surface area contributed by atoms with Gasteiger partial charge in [-0.2, -0.15) is 26.3 Å². The van der Waals surface area contributed by atoms with E-state index < -0.39 is 52.9 Å². The van der Waals surface area contributed by atoms with Crippen LogP contribution in [0.3, 0.4) is 0 Å². The quantitative estimate of drug-likeness (QED) is 0.365. The molecule has 1 saturated heterocycles. The second-order valence-corrected chi connectivity index (χ2v) is 8.72. The average molecular weight is 565 g/mol. The van der Waals surface area contributed by atoms with E-state index in [0.29, 0.717) is 25.7 Å². The minimum atomic E-state index is -5.37. The summed E-state index contributed by atoms with van der Waals surface area (Å²) in [7, 11) is 1.13. The molecular weight excluding hydrogens is 537 g/mol. The van der Waals surface area contributed by atoms with Crippen LogP contribution in [0.1, 0.15) is 25.0 Å². The number of urea groups is 1. The van der Waals surface area contributed by atoms with E-state index in [-0.39, 0.29) is 31.4 Å². The van der Waals surface area contributed by atoms with Crippen molar-refractivity contribution in [3.63, 3.8) is 0 Å². The lowest BCUT2D eigenvalue weighted by molar-refractivity contribution is -0.143. The molecule has 0 N–H and O–H groups in total. The number of likely N-dealkylation sites (N-methyl/N-ethyl adjacent to an activating group) is 1. The highest BCUT2D eigenvalue weighted by Gasteiger charge is 2.44. The molecule has 1 heterocycles. The first-order valence-electron chi connectivity index (χ1n) is 12.0. The second-order valence-electron chi connectivity index (χ2n) is 8.72. The third-order valence-electron chi connectivity index (χ3n) is 6.35. The van der Waals surface area contributed by atoms with E-state index in [4.69, 9.17) is 4.74 Å². The Bertz CT molecular complexity index is 1180. The van der Waals surface area contributed by atoms with Crippen LogP contribution in [0.25, 0.3) is 0 Å². The van der Waals surface area contributed by atoms with Crippen molar-refractivity contribution in [2.45, 2.75) is 26.2 Å². The molecule has 0 aliphatic carbocycles. The lowest BCUT2D eigenvalue weighted by Crippen LogP contribution is -2.38. The molecule has 1 fully saturated rings. The number of ether oxygens (including phenoxy) is 1. The van der Waals surface area contributed by atoms with E-state index in [1.54, 1.807) is 0 Å². The molecule has 7 nitrogen and oxygen atoms in total. The molecule has 3 rings (SSSR count). The van der Waals surface area contributed by atoms with E-state index in [1.165, 1.54) is 4.90 Å². The maximum Gasteiger partial charge on any atom is 0.420 e. The maximum atomic E-state index is 14.0. The van der Waals surface area contributed by atoms with Gasteiger partial charge in [0, 0.05) is 38.9 Å². The van der Waals surface area contributed by atoms with Crippen LogP contribution in [0.4, 0.5) is 51.7 Å². The van der Waals surface area contributed by atoms with Gasteiger partial charge in [-0.15, -0.1) is 0 Å². The highest BCUT2D eigenvalue weighted by Crippen LogP contribution is 2.47. The molecule has 2 aromatic carbocycles. The van der Waals surface area contributed by atoms with Crippen molar-refractivity contribution in [3.05, 3.63) is 53.3 Å². The number of benzene rings is 2. The van der Waals surface area contributed by atoms with Gasteiger partial charge in [-0.25, -0.2) is 14.0 Å². The highest BCUT2D eigenvalue weighted by atomic mass is 19.4. The van der Waals surface area contributed by atoms with Crippen LogP contribution in [0.15, 0.2) is 36.4 Å². The van der Waals surface area contributed by atoms with Gasteiger partial charge in [0.25, 0.3) is 0 Å². The molecule has 1 aliphatic heterocycles. The topological polar surface area (TPSA) is 56.3 Å². The van der Waals surface area contributed by atoms with Crippen molar-refractivity contribution >= 4 is 23.5 Å². The maximum absolute atomic E-state index is 14.0. The zero-order valence-corrected chi connectivity index (χ0v) is 21.4. The predicted molar refractivity (Wildman–Crippen MR) is 129 cm³/mol. The molecule has 0 unspecified atom stereocenters. The first kappa shape index (κ1) is 30.0. The molecule has 0 aromatic heterocycles. The number of nitrogens with zero attached hydrogens (tertiary/aromatic N) is 4. The van der Waals surface area contributed by atoms with E-state index >= 15 is 0 Å². The van der Waals surface area contributed by atoms with Crippen LogP contribution in [0.2, 0.25) is 0 Å². The van der Waals surface area contributed by atoms with Crippen LogP contribution < -0.4 is 14.5 Å². The van der Waals surface area contributed by atoms with Crippen molar-refractivity contribution in [2.24, 2.45) is 0 Å². The summed E-state index contributed by atoms with van der Waals surface area (Å²) in [5.74, 6) is -1.88. The molecule has 14 heteroatoms. The van der Waals surface area contributed by atoms with Crippen LogP contribution in [-0.4, -0.2) is 68.2 Å². The standard InChI is InChI=1S/C25H27F7N4O3/c1-4-34(5-2)10-11-35-12-13-36(22(35)37)20-15-16(24(27,28)29)14-19(25(30,31)32)21(20)39-23(38)33(3)18-8-6-17(26)7-9-18/h6-9,14-15H,4-5,10-13H2,1-3H3. The summed E-state index contributed by atoms with van der Waals surface area (Å²) in [6, 6.07) is 3.70. The number of rotatable bonds is 8. The van der Waals surface area contributed by atoms with E-state index in [1.807, 2.05) is 18.7 Å². The molecule has 3 amide bonds. The van der Waals surface area contributed by atoms with Crippen molar-refractivity contribution < 1.29 is 45.1 Å². The number of halogens is 7. The number of anilines is 2. The van der Waals surface area contributed by atoms with Crippen molar-refractivity contribution in [3.8, 4) is 5.75 Å². The van der Waals surface area contributed by atoms with E-state index in [0.717, 1.165) is 41.1 Å². The SMILES string of the molecule is CCN(CC)CCN1CCN(c2cc(C(F)(F)F)cc(C(F)(F)F)c2OC(=O)N(C)c2ccc(F)cc2)C1=O. The predicted octanol–water partition coefficient (Wildman–Crippen LogP) is 6.08. The monoisotopic (exact) mass is 564 g/mol. The summed E-state index contributed by atoms with van der Waals surface area (Å²) >= 11 is 0. The third kappa shape index (κ3) is 6.91. The number of amides is 3. The van der Waals surface area contributed by atoms with Crippen LogP contribution in [0.5, 0.6) is 5.75 Å². The number of carbonyl (C=O) groups excluding carboxylic acids is 2. The Kier molecular flexibility index (Phi) is 8.98. The smallest absolute Gasteiger partial charge is 0.407 e. The van der Waals surface area contributed by atoms with Crippen LogP contribution in [-0.2, 0) is 12.4 Å². The highest BCUT2D eigenvalue weighted by molar-refractivity contribution is 5.97. The van der Waals surface area contributed by atoms with E-state index in [2.05, 4.69) is 0 Å². The molecule has 0 atom stereocenters. The molecule has 0 spiro atoms. The minimum absolute atomic E-state index is 0.0422. The molecular formula is C25H27F7N4O3. The summed E-state index contributed by atoms with van der Waals surface area (Å²) < 4.78 is 101. The first-order valence-corrected chi connectivity index (χ1v) is 12.0. The van der Waals surface area contributed by atoms with Gasteiger partial charge in [0.2, 0.25) is 0 Å². The van der Waals surface area contributed by atoms with Crippen LogP contribution >= 0.6 is 0 Å². The third-order valence-corrected chi connectivity index (χ3v) is 6.35. The summed E-state index contributed by atoms with van der Waals surface area (Å²) in [5.41, 5.74) is -4.33. The normalized spacial score (nSPS) is 14.4. The molecule has 1 aliphatic rings. The number of carbonyl (C=O) groups is 2. The van der Waals surface area contributed by atoms with Crippen LogP contribution in [0, 0.1) is 5.82 Å². The Balaban J connectivity index is 2.05. The van der Waals surface area contributed by atoms with Gasteiger partial charge in [0.05, 0.1) is 11.3 Å².